The van der Waals surface area contributed by atoms with Crippen LogP contribution in [0.1, 0.15) is 13.3 Å². The second-order valence-corrected chi connectivity index (χ2v) is 2.18. The smallest absolute Gasteiger partial charge is 0.160 e. The Morgan fingerprint density at radius 3 is 2.56 bits per heavy atom. The molecule has 0 aromatic carbocycles. The van der Waals surface area contributed by atoms with Crippen molar-refractivity contribution in [3.63, 3.8) is 0 Å². The van der Waals surface area contributed by atoms with E-state index in [0.29, 0.717) is 13.2 Å². The van der Waals surface area contributed by atoms with Gasteiger partial charge in [-0.15, -0.1) is 0 Å². The number of ether oxygens (including phenoxy) is 2. The highest BCUT2D eigenvalue weighted by molar-refractivity contribution is 4.65. The van der Waals surface area contributed by atoms with Crippen LogP contribution < -0.4 is 0 Å². The van der Waals surface area contributed by atoms with Crippen LogP contribution in [0.3, 0.4) is 0 Å². The van der Waals surface area contributed by atoms with Crippen molar-refractivity contribution >= 4 is 0 Å². The lowest BCUT2D eigenvalue weighted by atomic mass is 10.1. The fourth-order valence-electron chi connectivity index (χ4n) is 0.816. The summed E-state index contributed by atoms with van der Waals surface area (Å²) in [4.78, 5) is 0. The quantitative estimate of drug-likeness (QED) is 0.554. The van der Waals surface area contributed by atoms with E-state index in [4.69, 9.17) is 16.4 Å². The van der Waals surface area contributed by atoms with Crippen molar-refractivity contribution in [3.8, 4) is 0 Å². The Labute approximate surface area is 56.2 Å². The van der Waals surface area contributed by atoms with Gasteiger partial charge in [0, 0.05) is 5.92 Å². The van der Waals surface area contributed by atoms with E-state index in [1.807, 2.05) is 6.92 Å². The molecule has 0 aliphatic carbocycles. The molecule has 0 aromatic rings. The van der Waals surface area contributed by atoms with E-state index in [0.717, 1.165) is 6.42 Å². The van der Waals surface area contributed by atoms with Crippen LogP contribution in [0.15, 0.2) is 0 Å². The lowest BCUT2D eigenvalue weighted by molar-refractivity contribution is -0.0718. The van der Waals surface area contributed by atoms with Crippen molar-refractivity contribution in [2.45, 2.75) is 19.6 Å². The normalized spacial score (nSPS) is 24.7. The Hall–Kier alpha value is -0.0800. The molecule has 1 fully saturated rings. The van der Waals surface area contributed by atoms with Gasteiger partial charge in [0.2, 0.25) is 0 Å². The van der Waals surface area contributed by atoms with E-state index in [-0.39, 0.29) is 12.2 Å². The maximum Gasteiger partial charge on any atom is 0.160 e. The van der Waals surface area contributed by atoms with Crippen LogP contribution >= 0.6 is 0 Å². The van der Waals surface area contributed by atoms with E-state index in [1.165, 1.54) is 0 Å². The van der Waals surface area contributed by atoms with Gasteiger partial charge in [0.25, 0.3) is 0 Å². The molecule has 0 bridgehead atoms. The summed E-state index contributed by atoms with van der Waals surface area (Å²) < 4.78 is 10.3. The molecule has 52 valence electrons. The van der Waals surface area contributed by atoms with Gasteiger partial charge in [0.05, 0.1) is 13.2 Å². The van der Waals surface area contributed by atoms with Gasteiger partial charge in [0.15, 0.2) is 6.29 Å². The summed E-state index contributed by atoms with van der Waals surface area (Å²) in [5, 5.41) is 0. The molecule has 9 heavy (non-hydrogen) atoms. The molecule has 1 saturated heterocycles. The molecule has 0 amide bonds. The number of hydrogen-bond acceptors (Lipinski definition) is 2. The predicted molar refractivity (Wildman–Crippen MR) is 33.8 cm³/mol. The fourth-order valence-corrected chi connectivity index (χ4v) is 0.816. The van der Waals surface area contributed by atoms with Crippen LogP contribution in [-0.4, -0.2) is 19.5 Å². The van der Waals surface area contributed by atoms with Crippen molar-refractivity contribution in [1.82, 2.24) is 0 Å². The summed E-state index contributed by atoms with van der Waals surface area (Å²) in [5.41, 5.74) is 0. The first-order valence-electron chi connectivity index (χ1n) is 3.33. The summed E-state index contributed by atoms with van der Waals surface area (Å²) in [7, 11) is 0. The molecule has 0 aromatic heterocycles. The highest BCUT2D eigenvalue weighted by atomic mass is 16.7. The Bertz CT molecular complexity index is 77.0. The molecule has 0 spiro atoms. The van der Waals surface area contributed by atoms with E-state index in [2.05, 4.69) is 0 Å². The Morgan fingerprint density at radius 2 is 2.11 bits per heavy atom. The average molecular weight is 128 g/mol. The fraction of sp³-hybridized carbons (Fsp3) is 0.857. The summed E-state index contributed by atoms with van der Waals surface area (Å²) in [6.07, 6.45) is 0.764. The zero-order valence-electron chi connectivity index (χ0n) is 5.67. The molecule has 1 atom stereocenters. The van der Waals surface area contributed by atoms with Crippen molar-refractivity contribution in [3.05, 3.63) is 6.92 Å². The zero-order valence-corrected chi connectivity index (χ0v) is 5.67. The van der Waals surface area contributed by atoms with Crippen molar-refractivity contribution in [1.29, 1.82) is 0 Å². The molecule has 2 heteroatoms. The summed E-state index contributed by atoms with van der Waals surface area (Å²) in [5.74, 6) is 0.0486. The van der Waals surface area contributed by atoms with Gasteiger partial charge in [-0.1, -0.05) is 6.92 Å². The molecule has 1 aliphatic rings. The molecule has 0 saturated carbocycles. The van der Waals surface area contributed by atoms with Crippen LogP contribution in [0, 0.1) is 12.8 Å². The van der Waals surface area contributed by atoms with Crippen LogP contribution in [0.5, 0.6) is 0 Å². The van der Waals surface area contributed by atoms with Gasteiger partial charge in [-0.3, -0.25) is 0 Å². The van der Waals surface area contributed by atoms with Crippen LogP contribution in [0.2, 0.25) is 0 Å². The first kappa shape index (κ1) is 7.03. The van der Waals surface area contributed by atoms with Crippen molar-refractivity contribution < 1.29 is 9.47 Å². The minimum Gasteiger partial charge on any atom is -0.350 e. The van der Waals surface area contributed by atoms with E-state index in [9.17, 15) is 0 Å². The predicted octanol–water partition coefficient (Wildman–Crippen LogP) is 1.10. The molecule has 1 aliphatic heterocycles. The minimum absolute atomic E-state index is 0.0486. The third-order valence-corrected chi connectivity index (χ3v) is 1.47. The zero-order chi connectivity index (χ0) is 6.69. The standard InChI is InChI=1S/C7H12O2/c1-3-6(2)7-8-4-5-9-7/h2,6-7H,3-5H2,1H3. The first-order chi connectivity index (χ1) is 4.34. The summed E-state index contributed by atoms with van der Waals surface area (Å²) in [6.45, 7) is 9.04. The van der Waals surface area contributed by atoms with Crippen LogP contribution in [0.25, 0.3) is 0 Å². The molecule has 1 rings (SSSR count). The number of hydrogen-bond donors (Lipinski definition) is 0. The molecular weight excluding hydrogens is 116 g/mol. The second-order valence-electron chi connectivity index (χ2n) is 2.18. The minimum atomic E-state index is -0.144. The largest absolute Gasteiger partial charge is 0.350 e. The third-order valence-electron chi connectivity index (χ3n) is 1.47. The summed E-state index contributed by atoms with van der Waals surface area (Å²) in [6, 6.07) is 0. The lowest BCUT2D eigenvalue weighted by Gasteiger charge is -2.14. The van der Waals surface area contributed by atoms with Gasteiger partial charge in [-0.2, -0.15) is 0 Å². The Kier molecular flexibility index (Phi) is 2.49. The van der Waals surface area contributed by atoms with E-state index >= 15 is 0 Å². The number of rotatable bonds is 2. The molecular formula is C7H12O2. The Morgan fingerprint density at radius 1 is 1.56 bits per heavy atom. The SMILES string of the molecule is [CH]C(CC)C1OCCO1. The van der Waals surface area contributed by atoms with Gasteiger partial charge in [-0.05, 0) is 13.3 Å². The van der Waals surface area contributed by atoms with Gasteiger partial charge < -0.3 is 9.47 Å². The van der Waals surface area contributed by atoms with Gasteiger partial charge in [0.1, 0.15) is 0 Å². The van der Waals surface area contributed by atoms with Crippen LogP contribution in [-0.2, 0) is 9.47 Å². The van der Waals surface area contributed by atoms with Gasteiger partial charge >= 0.3 is 0 Å². The maximum atomic E-state index is 5.63. The lowest BCUT2D eigenvalue weighted by Crippen LogP contribution is -2.17. The third kappa shape index (κ3) is 1.66. The maximum absolute atomic E-state index is 5.63. The van der Waals surface area contributed by atoms with Crippen molar-refractivity contribution in [2.75, 3.05) is 13.2 Å². The molecule has 1 heterocycles. The topological polar surface area (TPSA) is 18.5 Å². The highest BCUT2D eigenvalue weighted by Gasteiger charge is 2.21. The van der Waals surface area contributed by atoms with Crippen molar-refractivity contribution in [2.24, 2.45) is 5.92 Å². The van der Waals surface area contributed by atoms with E-state index in [1.54, 1.807) is 0 Å². The molecule has 2 nitrogen and oxygen atoms in total. The van der Waals surface area contributed by atoms with E-state index < -0.39 is 0 Å². The van der Waals surface area contributed by atoms with Crippen LogP contribution in [0.4, 0.5) is 0 Å². The summed E-state index contributed by atoms with van der Waals surface area (Å²) >= 11 is 0. The van der Waals surface area contributed by atoms with Gasteiger partial charge in [-0.25, -0.2) is 0 Å². The average Bonchev–Trinajstić information content (AvgIpc) is 2.37. The molecule has 1 unspecified atom stereocenters. The highest BCUT2D eigenvalue weighted by Crippen LogP contribution is 2.15. The first-order valence-corrected chi connectivity index (χ1v) is 3.33. The molecule has 0 N–H and O–H groups in total. The Balaban J connectivity index is 2.24. The monoisotopic (exact) mass is 128 g/mol. The molecule has 2 radical (unpaired) electrons. The second kappa shape index (κ2) is 3.18.